The molecule has 0 saturated carbocycles. The van der Waals surface area contributed by atoms with E-state index in [1.165, 1.54) is 0 Å². The molecule has 2 aromatic carbocycles. The Morgan fingerprint density at radius 2 is 1.74 bits per heavy atom. The van der Waals surface area contributed by atoms with Crippen molar-refractivity contribution in [3.8, 4) is 11.4 Å². The van der Waals surface area contributed by atoms with Crippen LogP contribution in [0.4, 0.5) is 0 Å². The summed E-state index contributed by atoms with van der Waals surface area (Å²) in [4.78, 5) is 9.41. The number of halogens is 1. The summed E-state index contributed by atoms with van der Waals surface area (Å²) in [5, 5.41) is 11.9. The highest BCUT2D eigenvalue weighted by atomic mass is 79.9. The number of hydrogen-bond acceptors (Lipinski definition) is 4. The Hall–Kier alpha value is -1.43. The molecule has 0 bridgehead atoms. The molecule has 0 fully saturated rings. The highest BCUT2D eigenvalue weighted by Crippen LogP contribution is 2.30. The lowest BCUT2D eigenvalue weighted by atomic mass is 10.2. The second-order valence-corrected chi connectivity index (χ2v) is 7.86. The van der Waals surface area contributed by atoms with Crippen LogP contribution in [0.3, 0.4) is 0 Å². The van der Waals surface area contributed by atoms with E-state index in [1.807, 2.05) is 48.5 Å². The summed E-state index contributed by atoms with van der Waals surface area (Å²) in [6.45, 7) is 3.61. The van der Waals surface area contributed by atoms with Crippen molar-refractivity contribution >= 4 is 38.6 Å². The quantitative estimate of drug-likeness (QED) is 0.508. The van der Waals surface area contributed by atoms with E-state index >= 15 is 0 Å². The highest BCUT2D eigenvalue weighted by Gasteiger charge is 2.16. The molecule has 1 aromatic heterocycles. The summed E-state index contributed by atoms with van der Waals surface area (Å²) in [7, 11) is 0. The van der Waals surface area contributed by atoms with Crippen LogP contribution in [0.5, 0.6) is 0 Å². The van der Waals surface area contributed by atoms with Gasteiger partial charge in [0.1, 0.15) is 5.03 Å². The zero-order chi connectivity index (χ0) is 16.4. The van der Waals surface area contributed by atoms with E-state index in [0.717, 1.165) is 26.0 Å². The van der Waals surface area contributed by atoms with Crippen molar-refractivity contribution in [3.05, 3.63) is 53.0 Å². The van der Waals surface area contributed by atoms with Crippen molar-refractivity contribution in [3.63, 3.8) is 0 Å². The fourth-order valence-corrected chi connectivity index (χ4v) is 3.36. The number of aliphatic hydroxyl groups is 1. The molecule has 0 amide bonds. The molecule has 3 rings (SSSR count). The first-order chi connectivity index (χ1) is 10.9. The fourth-order valence-electron chi connectivity index (χ4n) is 2.13. The molecular formula is C18H17BrN2OS. The third-order valence-electron chi connectivity index (χ3n) is 3.23. The van der Waals surface area contributed by atoms with E-state index in [2.05, 4.69) is 20.9 Å². The second-order valence-electron chi connectivity index (χ2n) is 5.98. The first-order valence-electron chi connectivity index (χ1n) is 7.30. The molecule has 3 aromatic rings. The highest BCUT2D eigenvalue weighted by molar-refractivity contribution is 9.10. The van der Waals surface area contributed by atoms with E-state index in [1.54, 1.807) is 25.6 Å². The monoisotopic (exact) mass is 388 g/mol. The topological polar surface area (TPSA) is 46.0 Å². The number of benzene rings is 2. The van der Waals surface area contributed by atoms with Gasteiger partial charge in [-0.25, -0.2) is 9.97 Å². The molecule has 0 unspecified atom stereocenters. The van der Waals surface area contributed by atoms with Gasteiger partial charge in [0.05, 0.1) is 11.1 Å². The molecule has 5 heteroatoms. The number of aromatic nitrogens is 2. The van der Waals surface area contributed by atoms with Crippen LogP contribution in [0.2, 0.25) is 0 Å². The van der Waals surface area contributed by atoms with Crippen LogP contribution in [-0.4, -0.2) is 26.4 Å². The number of fused-ring (bicyclic) bond motifs is 1. The Kier molecular flexibility index (Phi) is 4.71. The van der Waals surface area contributed by atoms with Crippen LogP contribution in [0.1, 0.15) is 13.8 Å². The maximum absolute atomic E-state index is 10.00. The average molecular weight is 389 g/mol. The summed E-state index contributed by atoms with van der Waals surface area (Å²) in [5.74, 6) is 1.28. The van der Waals surface area contributed by atoms with E-state index in [0.29, 0.717) is 11.6 Å². The molecule has 0 radical (unpaired) electrons. The Labute approximate surface area is 148 Å². The minimum atomic E-state index is -0.742. The van der Waals surface area contributed by atoms with Gasteiger partial charge < -0.3 is 5.11 Å². The third kappa shape index (κ3) is 4.10. The number of para-hydroxylation sites is 1. The Morgan fingerprint density at radius 3 is 2.43 bits per heavy atom. The number of rotatable bonds is 4. The molecule has 1 N–H and O–H groups in total. The third-order valence-corrected chi connectivity index (χ3v) is 5.20. The largest absolute Gasteiger partial charge is 0.390 e. The molecule has 0 spiro atoms. The van der Waals surface area contributed by atoms with Gasteiger partial charge in [-0.15, -0.1) is 11.8 Å². The van der Waals surface area contributed by atoms with Crippen LogP contribution in [0.15, 0.2) is 58.0 Å². The maximum Gasteiger partial charge on any atom is 0.161 e. The molecule has 0 aliphatic rings. The van der Waals surface area contributed by atoms with Crippen LogP contribution in [-0.2, 0) is 0 Å². The lowest BCUT2D eigenvalue weighted by Gasteiger charge is -2.16. The van der Waals surface area contributed by atoms with Crippen molar-refractivity contribution in [1.29, 1.82) is 0 Å². The molecule has 23 heavy (non-hydrogen) atoms. The molecule has 118 valence electrons. The Balaban J connectivity index is 2.07. The SMILES string of the molecule is CC(C)(O)CSc1nc(-c2ccc(Br)cc2)nc2ccccc12. The Morgan fingerprint density at radius 1 is 1.04 bits per heavy atom. The predicted octanol–water partition coefficient (Wildman–Crippen LogP) is 4.92. The van der Waals surface area contributed by atoms with Gasteiger partial charge in [0.15, 0.2) is 5.82 Å². The summed E-state index contributed by atoms with van der Waals surface area (Å²) in [6.07, 6.45) is 0. The zero-order valence-electron chi connectivity index (χ0n) is 13.0. The van der Waals surface area contributed by atoms with Gasteiger partial charge in [-0.1, -0.05) is 46.3 Å². The minimum absolute atomic E-state index is 0.577. The van der Waals surface area contributed by atoms with Gasteiger partial charge in [0.25, 0.3) is 0 Å². The standard InChI is InChI=1S/C18H17BrN2OS/c1-18(2,22)11-23-17-14-5-3-4-6-15(14)20-16(21-17)12-7-9-13(19)10-8-12/h3-10,22H,11H2,1-2H3. The van der Waals surface area contributed by atoms with E-state index in [9.17, 15) is 5.11 Å². The van der Waals surface area contributed by atoms with Crippen molar-refractivity contribution in [1.82, 2.24) is 9.97 Å². The molecule has 3 nitrogen and oxygen atoms in total. The summed E-state index contributed by atoms with van der Waals surface area (Å²) in [6, 6.07) is 15.9. The lowest BCUT2D eigenvalue weighted by Crippen LogP contribution is -2.21. The van der Waals surface area contributed by atoms with Gasteiger partial charge in [0, 0.05) is 21.2 Å². The number of hydrogen-bond donors (Lipinski definition) is 1. The van der Waals surface area contributed by atoms with Crippen LogP contribution < -0.4 is 0 Å². The van der Waals surface area contributed by atoms with E-state index in [-0.39, 0.29) is 0 Å². The normalized spacial score (nSPS) is 11.8. The van der Waals surface area contributed by atoms with Crippen LogP contribution >= 0.6 is 27.7 Å². The van der Waals surface area contributed by atoms with Crippen molar-refractivity contribution in [2.24, 2.45) is 0 Å². The Bertz CT molecular complexity index is 829. The number of thioether (sulfide) groups is 1. The lowest BCUT2D eigenvalue weighted by molar-refractivity contribution is 0.107. The molecular weight excluding hydrogens is 372 g/mol. The van der Waals surface area contributed by atoms with Gasteiger partial charge in [0.2, 0.25) is 0 Å². The smallest absolute Gasteiger partial charge is 0.161 e. The average Bonchev–Trinajstić information content (AvgIpc) is 2.52. The summed E-state index contributed by atoms with van der Waals surface area (Å²) < 4.78 is 1.03. The van der Waals surface area contributed by atoms with Crippen LogP contribution in [0, 0.1) is 0 Å². The summed E-state index contributed by atoms with van der Waals surface area (Å²) in [5.41, 5.74) is 1.15. The molecule has 1 heterocycles. The van der Waals surface area contributed by atoms with E-state index in [4.69, 9.17) is 4.98 Å². The molecule has 0 aliphatic heterocycles. The van der Waals surface area contributed by atoms with Crippen molar-refractivity contribution in [2.75, 3.05) is 5.75 Å². The van der Waals surface area contributed by atoms with Crippen LogP contribution in [0.25, 0.3) is 22.3 Å². The van der Waals surface area contributed by atoms with E-state index < -0.39 is 5.60 Å². The second kappa shape index (κ2) is 6.59. The van der Waals surface area contributed by atoms with Gasteiger partial charge in [-0.05, 0) is 32.0 Å². The number of nitrogens with zero attached hydrogens (tertiary/aromatic N) is 2. The maximum atomic E-state index is 10.00. The summed E-state index contributed by atoms with van der Waals surface area (Å²) >= 11 is 5.00. The first kappa shape index (κ1) is 16.4. The van der Waals surface area contributed by atoms with Gasteiger partial charge >= 0.3 is 0 Å². The predicted molar refractivity (Wildman–Crippen MR) is 99.7 cm³/mol. The molecule has 0 atom stereocenters. The molecule has 0 saturated heterocycles. The van der Waals surface area contributed by atoms with Gasteiger partial charge in [-0.2, -0.15) is 0 Å². The molecule has 0 aliphatic carbocycles. The fraction of sp³-hybridized carbons (Fsp3) is 0.222. The van der Waals surface area contributed by atoms with Gasteiger partial charge in [-0.3, -0.25) is 0 Å². The zero-order valence-corrected chi connectivity index (χ0v) is 15.4. The minimum Gasteiger partial charge on any atom is -0.390 e. The first-order valence-corrected chi connectivity index (χ1v) is 9.08. The van der Waals surface area contributed by atoms with Crippen molar-refractivity contribution in [2.45, 2.75) is 24.5 Å². The van der Waals surface area contributed by atoms with Crippen molar-refractivity contribution < 1.29 is 5.11 Å².